The third-order valence-electron chi connectivity index (χ3n) is 3.59. The van der Waals surface area contributed by atoms with Gasteiger partial charge in [-0.2, -0.15) is 0 Å². The molecule has 3 N–H and O–H groups in total. The number of hydrogen-bond acceptors (Lipinski definition) is 4. The Morgan fingerprint density at radius 3 is 2.53 bits per heavy atom. The predicted molar refractivity (Wildman–Crippen MR) is 68.3 cm³/mol. The highest BCUT2D eigenvalue weighted by Crippen LogP contribution is 2.15. The lowest BCUT2D eigenvalue weighted by Gasteiger charge is -2.29. The van der Waals surface area contributed by atoms with Crippen molar-refractivity contribution in [2.75, 3.05) is 19.8 Å². The molecule has 1 fully saturated rings. The molecule has 1 aliphatic heterocycles. The lowest BCUT2D eigenvalue weighted by Crippen LogP contribution is -2.51. The van der Waals surface area contributed by atoms with Crippen molar-refractivity contribution < 1.29 is 13.2 Å². The molecule has 6 heteroatoms. The second-order valence-electron chi connectivity index (χ2n) is 4.77. The summed E-state index contributed by atoms with van der Waals surface area (Å²) in [6.07, 6.45) is 2.99. The predicted octanol–water partition coefficient (Wildman–Crippen LogP) is 0.602. The van der Waals surface area contributed by atoms with Crippen LogP contribution in [0.15, 0.2) is 0 Å². The van der Waals surface area contributed by atoms with Crippen LogP contribution in [-0.2, 0) is 14.8 Å². The summed E-state index contributed by atoms with van der Waals surface area (Å²) in [5.41, 5.74) is 5.63. The van der Waals surface area contributed by atoms with Crippen LogP contribution in [0.4, 0.5) is 0 Å². The van der Waals surface area contributed by atoms with E-state index in [1.165, 1.54) is 0 Å². The topological polar surface area (TPSA) is 81.4 Å². The minimum Gasteiger partial charge on any atom is -0.380 e. The molecule has 102 valence electrons. The summed E-state index contributed by atoms with van der Waals surface area (Å²) < 4.78 is 31.9. The fourth-order valence-corrected chi connectivity index (χ4v) is 3.29. The molecular formula is C11H24N2O3S. The van der Waals surface area contributed by atoms with E-state index in [2.05, 4.69) is 4.72 Å². The smallest absolute Gasteiger partial charge is 0.216 e. The molecule has 1 heterocycles. The van der Waals surface area contributed by atoms with E-state index < -0.39 is 20.8 Å². The van der Waals surface area contributed by atoms with Crippen molar-refractivity contribution in [3.05, 3.63) is 0 Å². The number of rotatable bonds is 6. The monoisotopic (exact) mass is 264 g/mol. The van der Waals surface area contributed by atoms with Gasteiger partial charge in [-0.1, -0.05) is 13.8 Å². The highest BCUT2D eigenvalue weighted by Gasteiger charge is 2.30. The third-order valence-corrected chi connectivity index (χ3v) is 5.39. The van der Waals surface area contributed by atoms with Crippen molar-refractivity contribution in [3.63, 3.8) is 0 Å². The average Bonchev–Trinajstić information content (AvgIpc) is 2.37. The summed E-state index contributed by atoms with van der Waals surface area (Å²) >= 11 is 0. The molecule has 1 saturated heterocycles. The maximum absolute atomic E-state index is 12.0. The van der Waals surface area contributed by atoms with Gasteiger partial charge in [0.25, 0.3) is 0 Å². The van der Waals surface area contributed by atoms with Gasteiger partial charge >= 0.3 is 0 Å². The number of nitrogens with two attached hydrogens (primary N) is 1. The Hall–Kier alpha value is -0.170. The van der Waals surface area contributed by atoms with Gasteiger partial charge in [0.2, 0.25) is 10.0 Å². The Balaban J connectivity index is 2.54. The lowest BCUT2D eigenvalue weighted by molar-refractivity contribution is 0.0987. The van der Waals surface area contributed by atoms with Crippen molar-refractivity contribution in [2.24, 2.45) is 5.73 Å². The molecule has 0 unspecified atom stereocenters. The number of ether oxygens (including phenoxy) is 1. The fourth-order valence-electron chi connectivity index (χ4n) is 1.82. The first-order valence-electron chi connectivity index (χ1n) is 6.28. The fraction of sp³-hybridized carbons (Fsp3) is 1.00. The number of hydrogen-bond donors (Lipinski definition) is 2. The van der Waals surface area contributed by atoms with E-state index in [-0.39, 0.29) is 0 Å². The minimum atomic E-state index is -3.29. The first-order valence-corrected chi connectivity index (χ1v) is 7.83. The zero-order valence-corrected chi connectivity index (χ0v) is 11.6. The first kappa shape index (κ1) is 14.9. The zero-order valence-electron chi connectivity index (χ0n) is 10.7. The first-order chi connectivity index (χ1) is 7.93. The third kappa shape index (κ3) is 4.21. The average molecular weight is 264 g/mol. The standard InChI is InChI=1S/C11H24N2O3S/c1-3-11(12,4-2)9-13-17(14,15)10-6-5-7-16-8-10/h10,13H,3-9,12H2,1-2H3/t10-/m0/s1. The summed E-state index contributed by atoms with van der Waals surface area (Å²) in [6.45, 7) is 5.21. The molecular weight excluding hydrogens is 240 g/mol. The Morgan fingerprint density at radius 1 is 1.41 bits per heavy atom. The maximum atomic E-state index is 12.0. The summed E-state index contributed by atoms with van der Waals surface area (Å²) in [5, 5.41) is -0.422. The van der Waals surface area contributed by atoms with Crippen LogP contribution in [0.2, 0.25) is 0 Å². The molecule has 0 saturated carbocycles. The maximum Gasteiger partial charge on any atom is 0.216 e. The van der Waals surface area contributed by atoms with E-state index in [0.29, 0.717) is 26.2 Å². The summed E-state index contributed by atoms with van der Waals surface area (Å²) in [6, 6.07) is 0. The highest BCUT2D eigenvalue weighted by molar-refractivity contribution is 7.90. The van der Waals surface area contributed by atoms with Crippen LogP contribution >= 0.6 is 0 Å². The van der Waals surface area contributed by atoms with Gasteiger partial charge in [-0.05, 0) is 25.7 Å². The van der Waals surface area contributed by atoms with Crippen molar-refractivity contribution in [3.8, 4) is 0 Å². The van der Waals surface area contributed by atoms with Gasteiger partial charge < -0.3 is 10.5 Å². The van der Waals surface area contributed by atoms with Gasteiger partial charge in [0.15, 0.2) is 0 Å². The lowest BCUT2D eigenvalue weighted by atomic mass is 9.95. The quantitative estimate of drug-likeness (QED) is 0.736. The molecule has 0 aromatic heterocycles. The molecule has 0 amide bonds. The summed E-state index contributed by atoms with van der Waals surface area (Å²) in [4.78, 5) is 0. The Kier molecular flexibility index (Phi) is 5.37. The van der Waals surface area contributed by atoms with Crippen LogP contribution < -0.4 is 10.5 Å². The van der Waals surface area contributed by atoms with Gasteiger partial charge in [0.05, 0.1) is 11.9 Å². The van der Waals surface area contributed by atoms with E-state index >= 15 is 0 Å². The SMILES string of the molecule is CCC(N)(CC)CNS(=O)(=O)[C@H]1CCCOC1. The van der Waals surface area contributed by atoms with E-state index in [1.807, 2.05) is 13.8 Å². The van der Waals surface area contributed by atoms with Crippen LogP contribution in [0.5, 0.6) is 0 Å². The van der Waals surface area contributed by atoms with E-state index in [9.17, 15) is 8.42 Å². The zero-order chi connectivity index (χ0) is 12.9. The molecule has 17 heavy (non-hydrogen) atoms. The second kappa shape index (κ2) is 6.13. The van der Waals surface area contributed by atoms with Crippen molar-refractivity contribution >= 4 is 10.0 Å². The summed E-state index contributed by atoms with van der Waals surface area (Å²) in [7, 11) is -3.29. The van der Waals surface area contributed by atoms with Gasteiger partial charge in [-0.15, -0.1) is 0 Å². The molecule has 5 nitrogen and oxygen atoms in total. The number of sulfonamides is 1. The molecule has 0 aromatic rings. The van der Waals surface area contributed by atoms with Gasteiger partial charge in [0, 0.05) is 18.7 Å². The van der Waals surface area contributed by atoms with Gasteiger partial charge in [0.1, 0.15) is 0 Å². The molecule has 1 atom stereocenters. The molecule has 1 aliphatic rings. The molecule has 0 radical (unpaired) electrons. The van der Waals surface area contributed by atoms with Crippen molar-refractivity contribution in [1.29, 1.82) is 0 Å². The molecule has 0 spiro atoms. The number of nitrogens with one attached hydrogen (secondary N) is 1. The van der Waals surface area contributed by atoms with Crippen molar-refractivity contribution in [2.45, 2.75) is 50.3 Å². The van der Waals surface area contributed by atoms with Crippen LogP contribution in [0, 0.1) is 0 Å². The van der Waals surface area contributed by atoms with Crippen LogP contribution in [-0.4, -0.2) is 39.0 Å². The largest absolute Gasteiger partial charge is 0.380 e. The van der Waals surface area contributed by atoms with E-state index in [0.717, 1.165) is 19.3 Å². The van der Waals surface area contributed by atoms with Crippen LogP contribution in [0.1, 0.15) is 39.5 Å². The van der Waals surface area contributed by atoms with Crippen LogP contribution in [0.3, 0.4) is 0 Å². The molecule has 1 rings (SSSR count). The van der Waals surface area contributed by atoms with Gasteiger partial charge in [-0.25, -0.2) is 13.1 Å². The normalized spacial score (nSPS) is 22.6. The van der Waals surface area contributed by atoms with E-state index in [4.69, 9.17) is 10.5 Å². The molecule has 0 bridgehead atoms. The Labute approximate surface area is 104 Å². The summed E-state index contributed by atoms with van der Waals surface area (Å²) in [5.74, 6) is 0. The Morgan fingerprint density at radius 2 is 2.06 bits per heavy atom. The van der Waals surface area contributed by atoms with Crippen molar-refractivity contribution in [1.82, 2.24) is 4.72 Å². The minimum absolute atomic E-state index is 0.297. The van der Waals surface area contributed by atoms with Crippen LogP contribution in [0.25, 0.3) is 0 Å². The molecule has 0 aromatic carbocycles. The second-order valence-corrected chi connectivity index (χ2v) is 6.82. The van der Waals surface area contributed by atoms with Gasteiger partial charge in [-0.3, -0.25) is 0 Å². The molecule has 0 aliphatic carbocycles. The van der Waals surface area contributed by atoms with E-state index in [1.54, 1.807) is 0 Å². The highest BCUT2D eigenvalue weighted by atomic mass is 32.2. The Bertz CT molecular complexity index is 320.